The standard InChI is InChI=1S/C38H64NO10P/c1-3-5-7-9-11-13-15-16-17-18-20-22-24-26-28-30-37(41)49-34(32-47-50(44,45)48-33-35(39)38(42)43)31-46-36(40)29-27-25-23-21-19-14-12-10-8-6-4-2/h5,7,9-13,15-17,34-35H,3-4,6,8,14,18-33,39H2,1-2H3,(H,42,43)(H,44,45)/b7-5+,11-9+,12-10+,15-13+,17-16+/t34-,35+/m1/s1. The number of ether oxygens (including phenoxy) is 2. The molecule has 0 saturated carbocycles. The van der Waals surface area contributed by atoms with Crippen molar-refractivity contribution in [3.63, 3.8) is 0 Å². The number of unbranched alkanes of at least 4 members (excludes halogenated alkanes) is 12. The number of nitrogens with two attached hydrogens (primary N) is 1. The van der Waals surface area contributed by atoms with E-state index in [4.69, 9.17) is 24.8 Å². The normalized spacial score (nSPS) is 14.6. The summed E-state index contributed by atoms with van der Waals surface area (Å²) in [5.74, 6) is -2.43. The highest BCUT2D eigenvalue weighted by Crippen LogP contribution is 2.43. The van der Waals surface area contributed by atoms with Crippen LogP contribution in [0.4, 0.5) is 0 Å². The molecule has 1 unspecified atom stereocenters. The monoisotopic (exact) mass is 725 g/mol. The highest BCUT2D eigenvalue weighted by molar-refractivity contribution is 7.47. The number of allylic oxidation sites excluding steroid dienone is 10. The zero-order valence-electron chi connectivity index (χ0n) is 30.5. The molecule has 0 heterocycles. The van der Waals surface area contributed by atoms with Gasteiger partial charge in [0.05, 0.1) is 13.2 Å². The van der Waals surface area contributed by atoms with E-state index < -0.39 is 51.1 Å². The maximum Gasteiger partial charge on any atom is 0.472 e. The molecule has 4 N–H and O–H groups in total. The third-order valence-corrected chi connectivity index (χ3v) is 8.29. The Morgan fingerprint density at radius 1 is 0.640 bits per heavy atom. The third-order valence-electron chi connectivity index (χ3n) is 7.34. The summed E-state index contributed by atoms with van der Waals surface area (Å²) in [4.78, 5) is 45.7. The van der Waals surface area contributed by atoms with Gasteiger partial charge in [0.2, 0.25) is 0 Å². The number of aliphatic carboxylic acids is 1. The molecule has 0 aliphatic rings. The van der Waals surface area contributed by atoms with Crippen molar-refractivity contribution in [2.45, 2.75) is 142 Å². The van der Waals surface area contributed by atoms with Gasteiger partial charge in [-0.25, -0.2) is 4.57 Å². The number of hydrogen-bond acceptors (Lipinski definition) is 9. The number of phosphoric acid groups is 1. The van der Waals surface area contributed by atoms with Crippen LogP contribution in [0.1, 0.15) is 129 Å². The van der Waals surface area contributed by atoms with E-state index in [1.165, 1.54) is 12.8 Å². The van der Waals surface area contributed by atoms with Crippen LogP contribution in [-0.4, -0.2) is 59.9 Å². The zero-order chi connectivity index (χ0) is 37.1. The smallest absolute Gasteiger partial charge is 0.472 e. The molecule has 0 spiro atoms. The summed E-state index contributed by atoms with van der Waals surface area (Å²) in [6.07, 6.45) is 35.8. The van der Waals surface area contributed by atoms with Gasteiger partial charge in [-0.3, -0.25) is 23.4 Å². The number of phosphoric ester groups is 1. The molecule has 0 rings (SSSR count). The van der Waals surface area contributed by atoms with Crippen LogP contribution in [0.25, 0.3) is 0 Å². The Balaban J connectivity index is 4.54. The molecule has 0 aliphatic heterocycles. The van der Waals surface area contributed by atoms with Gasteiger partial charge in [0, 0.05) is 12.8 Å². The van der Waals surface area contributed by atoms with Crippen LogP contribution in [0, 0.1) is 0 Å². The van der Waals surface area contributed by atoms with E-state index in [-0.39, 0.29) is 19.4 Å². The Labute approximate surface area is 300 Å². The first kappa shape index (κ1) is 47.2. The molecular weight excluding hydrogens is 661 g/mol. The van der Waals surface area contributed by atoms with Crippen molar-refractivity contribution >= 4 is 25.7 Å². The maximum atomic E-state index is 12.5. The second-order valence-electron chi connectivity index (χ2n) is 12.1. The van der Waals surface area contributed by atoms with Crippen molar-refractivity contribution in [2.24, 2.45) is 5.73 Å². The SMILES string of the molecule is CC/C=C/C=C/C=C/C=C/CCCCCCCC(=O)O[C@H](COC(=O)CCCCCCC/C=C/CCCC)COP(=O)(O)OC[C@H](N)C(=O)O. The molecule has 0 aliphatic carbocycles. The molecule has 0 aromatic carbocycles. The van der Waals surface area contributed by atoms with Gasteiger partial charge in [-0.1, -0.05) is 126 Å². The topological polar surface area (TPSA) is 172 Å². The number of rotatable bonds is 33. The molecular formula is C38H64NO10P. The van der Waals surface area contributed by atoms with Crippen molar-refractivity contribution in [1.82, 2.24) is 0 Å². The van der Waals surface area contributed by atoms with Gasteiger partial charge in [0.25, 0.3) is 0 Å². The minimum Gasteiger partial charge on any atom is -0.480 e. The van der Waals surface area contributed by atoms with Gasteiger partial charge < -0.3 is 25.2 Å². The molecule has 0 aromatic rings. The number of hydrogen-bond donors (Lipinski definition) is 3. The molecule has 12 heteroatoms. The van der Waals surface area contributed by atoms with Gasteiger partial charge in [-0.2, -0.15) is 0 Å². The number of esters is 2. The molecule has 0 amide bonds. The molecule has 11 nitrogen and oxygen atoms in total. The molecule has 286 valence electrons. The number of carbonyl (C=O) groups excluding carboxylic acids is 2. The highest BCUT2D eigenvalue weighted by Gasteiger charge is 2.28. The molecule has 50 heavy (non-hydrogen) atoms. The Morgan fingerprint density at radius 2 is 1.14 bits per heavy atom. The third kappa shape index (κ3) is 32.4. The Kier molecular flexibility index (Phi) is 31.5. The number of carboxylic acid groups (broad SMARTS) is 1. The fraction of sp³-hybridized carbons (Fsp3) is 0.658. The Hall–Kier alpha value is -2.82. The fourth-order valence-electron chi connectivity index (χ4n) is 4.41. The lowest BCUT2D eigenvalue weighted by Gasteiger charge is -2.20. The summed E-state index contributed by atoms with van der Waals surface area (Å²) >= 11 is 0. The van der Waals surface area contributed by atoms with Gasteiger partial charge in [-0.05, 0) is 51.4 Å². The van der Waals surface area contributed by atoms with Crippen molar-refractivity contribution in [3.05, 3.63) is 60.8 Å². The summed E-state index contributed by atoms with van der Waals surface area (Å²) in [5.41, 5.74) is 5.31. The minimum absolute atomic E-state index is 0.130. The van der Waals surface area contributed by atoms with Crippen LogP contribution >= 0.6 is 7.82 Å². The van der Waals surface area contributed by atoms with E-state index in [1.54, 1.807) is 0 Å². The zero-order valence-corrected chi connectivity index (χ0v) is 31.4. The first-order chi connectivity index (χ1) is 24.1. The molecule has 0 bridgehead atoms. The lowest BCUT2D eigenvalue weighted by molar-refractivity contribution is -0.161. The van der Waals surface area contributed by atoms with Crippen LogP contribution in [0.15, 0.2) is 60.8 Å². The van der Waals surface area contributed by atoms with Crippen molar-refractivity contribution in [3.8, 4) is 0 Å². The largest absolute Gasteiger partial charge is 0.480 e. The van der Waals surface area contributed by atoms with Gasteiger partial charge in [0.15, 0.2) is 6.10 Å². The molecule has 0 saturated heterocycles. The summed E-state index contributed by atoms with van der Waals surface area (Å²) < 4.78 is 32.5. The van der Waals surface area contributed by atoms with Crippen LogP contribution in [0.2, 0.25) is 0 Å². The summed E-state index contributed by atoms with van der Waals surface area (Å²) in [7, 11) is -4.72. The fourth-order valence-corrected chi connectivity index (χ4v) is 5.19. The first-order valence-corrected chi connectivity index (χ1v) is 19.9. The predicted molar refractivity (Wildman–Crippen MR) is 198 cm³/mol. The maximum absolute atomic E-state index is 12.5. The van der Waals surface area contributed by atoms with E-state index in [0.29, 0.717) is 12.8 Å². The number of carbonyl (C=O) groups is 3. The van der Waals surface area contributed by atoms with Crippen LogP contribution in [-0.2, 0) is 37.5 Å². The van der Waals surface area contributed by atoms with Gasteiger partial charge in [-0.15, -0.1) is 0 Å². The van der Waals surface area contributed by atoms with Crippen molar-refractivity contribution in [2.75, 3.05) is 19.8 Å². The van der Waals surface area contributed by atoms with E-state index in [1.807, 2.05) is 36.5 Å². The van der Waals surface area contributed by atoms with Crippen LogP contribution < -0.4 is 5.73 Å². The van der Waals surface area contributed by atoms with E-state index >= 15 is 0 Å². The lowest BCUT2D eigenvalue weighted by Crippen LogP contribution is -2.34. The van der Waals surface area contributed by atoms with Crippen LogP contribution in [0.3, 0.4) is 0 Å². The van der Waals surface area contributed by atoms with Gasteiger partial charge >= 0.3 is 25.7 Å². The molecule has 0 aromatic heterocycles. The molecule has 3 atom stereocenters. The average Bonchev–Trinajstić information content (AvgIpc) is 3.09. The quantitative estimate of drug-likeness (QED) is 0.0194. The Bertz CT molecular complexity index is 1090. The van der Waals surface area contributed by atoms with E-state index in [2.05, 4.69) is 42.7 Å². The second kappa shape index (κ2) is 33.3. The lowest BCUT2D eigenvalue weighted by atomic mass is 10.1. The summed E-state index contributed by atoms with van der Waals surface area (Å²) in [5, 5.41) is 8.85. The van der Waals surface area contributed by atoms with E-state index in [9.17, 15) is 23.8 Å². The second-order valence-corrected chi connectivity index (χ2v) is 13.5. The van der Waals surface area contributed by atoms with E-state index in [0.717, 1.165) is 77.0 Å². The van der Waals surface area contributed by atoms with Gasteiger partial charge in [0.1, 0.15) is 12.6 Å². The summed E-state index contributed by atoms with van der Waals surface area (Å²) in [6.45, 7) is 2.55. The van der Waals surface area contributed by atoms with Crippen molar-refractivity contribution < 1.29 is 47.5 Å². The minimum atomic E-state index is -4.72. The van der Waals surface area contributed by atoms with Crippen molar-refractivity contribution in [1.29, 1.82) is 0 Å². The molecule has 0 fully saturated rings. The summed E-state index contributed by atoms with van der Waals surface area (Å²) in [6, 6.07) is -1.53. The first-order valence-electron chi connectivity index (χ1n) is 18.4. The number of carboxylic acids is 1. The van der Waals surface area contributed by atoms with Crippen LogP contribution in [0.5, 0.6) is 0 Å². The highest BCUT2D eigenvalue weighted by atomic mass is 31.2. The predicted octanol–water partition coefficient (Wildman–Crippen LogP) is 8.83. The average molecular weight is 726 g/mol. The Morgan fingerprint density at radius 3 is 1.74 bits per heavy atom. The molecule has 0 radical (unpaired) electrons.